The van der Waals surface area contributed by atoms with Gasteiger partial charge < -0.3 is 10.2 Å². The Balaban J connectivity index is 2.10. The number of amides is 2. The smallest absolute Gasteiger partial charge is 0.276 e. The van der Waals surface area contributed by atoms with Gasteiger partial charge in [0.2, 0.25) is 5.91 Å². The summed E-state index contributed by atoms with van der Waals surface area (Å²) in [6, 6.07) is 12.6. The van der Waals surface area contributed by atoms with Gasteiger partial charge in [0.15, 0.2) is 5.69 Å². The second-order valence-corrected chi connectivity index (χ2v) is 8.98. The van der Waals surface area contributed by atoms with Crippen LogP contribution in [-0.4, -0.2) is 31.8 Å². The summed E-state index contributed by atoms with van der Waals surface area (Å²) in [7, 11) is 0. The Hall–Kier alpha value is -3.13. The van der Waals surface area contributed by atoms with Crippen molar-refractivity contribution in [3.8, 4) is 0 Å². The Morgan fingerprint density at radius 2 is 1.81 bits per heavy atom. The van der Waals surface area contributed by atoms with Crippen molar-refractivity contribution in [2.24, 2.45) is 0 Å². The van der Waals surface area contributed by atoms with E-state index in [0.717, 1.165) is 17.1 Å². The molecule has 2 amide bonds. The number of hydrogen-bond acceptors (Lipinski definition) is 5. The minimum atomic E-state index is -0.978. The molecular formula is C23H25FN4O2S. The number of nitrogens with one attached hydrogen (secondary N) is 1. The van der Waals surface area contributed by atoms with E-state index in [2.05, 4.69) is 14.9 Å². The number of carbonyl (C=O) groups excluding carboxylic acids is 2. The number of hydrogen-bond donors (Lipinski definition) is 1. The second-order valence-electron chi connectivity index (χ2n) is 8.37. The summed E-state index contributed by atoms with van der Waals surface area (Å²) in [5, 5.41) is 8.35. The van der Waals surface area contributed by atoms with Gasteiger partial charge in [-0.1, -0.05) is 52.5 Å². The van der Waals surface area contributed by atoms with E-state index in [9.17, 15) is 14.0 Å². The highest BCUT2D eigenvalue weighted by Gasteiger charge is 2.35. The van der Waals surface area contributed by atoms with Crippen LogP contribution in [-0.2, 0) is 11.3 Å². The molecule has 3 aromatic rings. The van der Waals surface area contributed by atoms with Crippen molar-refractivity contribution in [2.45, 2.75) is 45.8 Å². The lowest BCUT2D eigenvalue weighted by molar-refractivity contribution is -0.127. The third-order valence-electron chi connectivity index (χ3n) is 4.59. The topological polar surface area (TPSA) is 75.2 Å². The average Bonchev–Trinajstić information content (AvgIpc) is 3.23. The molecule has 6 nitrogen and oxygen atoms in total. The van der Waals surface area contributed by atoms with Crippen LogP contribution in [0.1, 0.15) is 54.0 Å². The molecule has 1 atom stereocenters. The molecule has 1 unspecified atom stereocenters. The molecule has 0 spiro atoms. The second kappa shape index (κ2) is 9.34. The molecule has 0 saturated heterocycles. The van der Waals surface area contributed by atoms with Crippen molar-refractivity contribution < 1.29 is 14.0 Å². The first-order valence-corrected chi connectivity index (χ1v) is 10.7. The molecular weight excluding hydrogens is 415 g/mol. The lowest BCUT2D eigenvalue weighted by Crippen LogP contribution is -2.49. The number of rotatable bonds is 6. The predicted molar refractivity (Wildman–Crippen MR) is 118 cm³/mol. The van der Waals surface area contributed by atoms with Crippen molar-refractivity contribution in [3.63, 3.8) is 0 Å². The fourth-order valence-electron chi connectivity index (χ4n) is 3.15. The van der Waals surface area contributed by atoms with Gasteiger partial charge in [0, 0.05) is 16.5 Å². The van der Waals surface area contributed by atoms with Gasteiger partial charge in [-0.2, -0.15) is 0 Å². The SMILES string of the molecule is Cc1ccc(C(C(=O)NC(C)(C)C)N(Cc2ccccc2F)C(=O)c2csnn2)cc1. The van der Waals surface area contributed by atoms with Crippen LogP contribution in [0.3, 0.4) is 0 Å². The summed E-state index contributed by atoms with van der Waals surface area (Å²) >= 11 is 1.04. The van der Waals surface area contributed by atoms with Crippen LogP contribution in [0.4, 0.5) is 4.39 Å². The van der Waals surface area contributed by atoms with Gasteiger partial charge in [-0.05, 0) is 50.9 Å². The Labute approximate surface area is 185 Å². The Morgan fingerprint density at radius 3 is 2.39 bits per heavy atom. The number of nitrogens with zero attached hydrogens (tertiary/aromatic N) is 3. The average molecular weight is 441 g/mol. The van der Waals surface area contributed by atoms with Crippen LogP contribution < -0.4 is 5.32 Å². The van der Waals surface area contributed by atoms with Crippen molar-refractivity contribution in [3.05, 3.63) is 82.1 Å². The van der Waals surface area contributed by atoms with Gasteiger partial charge in [0.05, 0.1) is 6.54 Å². The van der Waals surface area contributed by atoms with E-state index in [4.69, 9.17) is 0 Å². The number of benzene rings is 2. The molecule has 1 heterocycles. The van der Waals surface area contributed by atoms with Crippen molar-refractivity contribution in [1.29, 1.82) is 0 Å². The van der Waals surface area contributed by atoms with Crippen LogP contribution in [0.15, 0.2) is 53.9 Å². The van der Waals surface area contributed by atoms with Crippen LogP contribution in [0.5, 0.6) is 0 Å². The molecule has 0 radical (unpaired) electrons. The molecule has 0 saturated carbocycles. The zero-order chi connectivity index (χ0) is 22.6. The van der Waals surface area contributed by atoms with Crippen LogP contribution in [0, 0.1) is 12.7 Å². The van der Waals surface area contributed by atoms with Gasteiger partial charge in [-0.25, -0.2) is 4.39 Å². The quantitative estimate of drug-likeness (QED) is 0.621. The third-order valence-corrected chi connectivity index (χ3v) is 5.09. The van der Waals surface area contributed by atoms with Gasteiger partial charge >= 0.3 is 0 Å². The predicted octanol–water partition coefficient (Wildman–Crippen LogP) is 4.28. The summed E-state index contributed by atoms with van der Waals surface area (Å²) in [4.78, 5) is 28.2. The highest BCUT2D eigenvalue weighted by molar-refractivity contribution is 7.03. The first kappa shape index (κ1) is 22.6. The molecule has 0 fully saturated rings. The van der Waals surface area contributed by atoms with E-state index >= 15 is 0 Å². The molecule has 0 bridgehead atoms. The Kier molecular flexibility index (Phi) is 6.80. The monoisotopic (exact) mass is 440 g/mol. The molecule has 31 heavy (non-hydrogen) atoms. The van der Waals surface area contributed by atoms with Gasteiger partial charge in [-0.3, -0.25) is 9.59 Å². The molecule has 0 aliphatic heterocycles. The first-order valence-electron chi connectivity index (χ1n) is 9.86. The molecule has 162 valence electrons. The summed E-state index contributed by atoms with van der Waals surface area (Å²) in [6.45, 7) is 7.44. The minimum Gasteiger partial charge on any atom is -0.349 e. The third kappa shape index (κ3) is 5.73. The maximum Gasteiger partial charge on any atom is 0.276 e. The van der Waals surface area contributed by atoms with Crippen LogP contribution in [0.2, 0.25) is 0 Å². The summed E-state index contributed by atoms with van der Waals surface area (Å²) in [5.74, 6) is -1.30. The van der Waals surface area contributed by atoms with E-state index in [-0.39, 0.29) is 18.1 Å². The van der Waals surface area contributed by atoms with Crippen molar-refractivity contribution in [1.82, 2.24) is 19.8 Å². The molecule has 2 aromatic carbocycles. The Bertz CT molecular complexity index is 1050. The normalized spacial score (nSPS) is 12.3. The summed E-state index contributed by atoms with van der Waals surface area (Å²) in [6.07, 6.45) is 0. The van der Waals surface area contributed by atoms with Gasteiger partial charge in [0.1, 0.15) is 11.9 Å². The lowest BCUT2D eigenvalue weighted by atomic mass is 9.99. The van der Waals surface area contributed by atoms with Crippen molar-refractivity contribution in [2.75, 3.05) is 0 Å². The van der Waals surface area contributed by atoms with Crippen molar-refractivity contribution >= 4 is 23.3 Å². The number of halogens is 1. The highest BCUT2D eigenvalue weighted by Crippen LogP contribution is 2.27. The largest absolute Gasteiger partial charge is 0.349 e. The fraction of sp³-hybridized carbons (Fsp3) is 0.304. The van der Waals surface area contributed by atoms with E-state index < -0.39 is 23.3 Å². The van der Waals surface area contributed by atoms with E-state index in [1.54, 1.807) is 18.2 Å². The van der Waals surface area contributed by atoms with E-state index in [0.29, 0.717) is 11.1 Å². The molecule has 1 N–H and O–H groups in total. The maximum absolute atomic E-state index is 14.5. The minimum absolute atomic E-state index is 0.0981. The zero-order valence-electron chi connectivity index (χ0n) is 17.9. The number of aryl methyl sites for hydroxylation is 1. The fourth-order valence-corrected chi connectivity index (χ4v) is 3.59. The van der Waals surface area contributed by atoms with Gasteiger partial charge in [0.25, 0.3) is 5.91 Å². The molecule has 8 heteroatoms. The van der Waals surface area contributed by atoms with E-state index in [1.165, 1.54) is 16.3 Å². The van der Waals surface area contributed by atoms with Gasteiger partial charge in [-0.15, -0.1) is 5.10 Å². The number of carbonyl (C=O) groups is 2. The first-order chi connectivity index (χ1) is 14.7. The molecule has 0 aliphatic carbocycles. The Morgan fingerprint density at radius 1 is 1.13 bits per heavy atom. The summed E-state index contributed by atoms with van der Waals surface area (Å²) in [5.41, 5.74) is 1.55. The number of aromatic nitrogens is 2. The molecule has 0 aliphatic rings. The summed E-state index contributed by atoms with van der Waals surface area (Å²) < 4.78 is 18.3. The molecule has 3 rings (SSSR count). The van der Waals surface area contributed by atoms with E-state index in [1.807, 2.05) is 52.0 Å². The standard InChI is InChI=1S/C23H25FN4O2S/c1-15-9-11-16(12-10-15)20(21(29)25-23(2,3)4)28(22(30)19-14-31-27-26-19)13-17-7-5-6-8-18(17)24/h5-12,14,20H,13H2,1-4H3,(H,25,29). The zero-order valence-corrected chi connectivity index (χ0v) is 18.7. The lowest BCUT2D eigenvalue weighted by Gasteiger charge is -2.33. The molecule has 1 aromatic heterocycles. The van der Waals surface area contributed by atoms with Crippen LogP contribution >= 0.6 is 11.5 Å². The maximum atomic E-state index is 14.5. The highest BCUT2D eigenvalue weighted by atomic mass is 32.1. The van der Waals surface area contributed by atoms with Crippen LogP contribution in [0.25, 0.3) is 0 Å².